The number of anilines is 2. The van der Waals surface area contributed by atoms with E-state index in [1.54, 1.807) is 65.4 Å². The Labute approximate surface area is 226 Å². The number of hydrogen-bond donors (Lipinski definition) is 1. The molecule has 0 aromatic heterocycles. The van der Waals surface area contributed by atoms with Crippen LogP contribution >= 0.6 is 11.6 Å². The van der Waals surface area contributed by atoms with Gasteiger partial charge in [0.15, 0.2) is 0 Å². The second-order valence-corrected chi connectivity index (χ2v) is 9.96. The van der Waals surface area contributed by atoms with Gasteiger partial charge in [0, 0.05) is 35.1 Å². The van der Waals surface area contributed by atoms with Crippen molar-refractivity contribution in [3.8, 4) is 5.75 Å². The van der Waals surface area contributed by atoms with Gasteiger partial charge in [-0.15, -0.1) is 0 Å². The van der Waals surface area contributed by atoms with Gasteiger partial charge >= 0.3 is 0 Å². The fraction of sp³-hybridized carbons (Fsp3) is 0.276. The highest BCUT2D eigenvalue weighted by Gasteiger charge is 2.54. The molecule has 3 aromatic carbocycles. The van der Waals surface area contributed by atoms with Crippen molar-refractivity contribution in [2.24, 2.45) is 0 Å². The summed E-state index contributed by atoms with van der Waals surface area (Å²) in [6.45, 7) is 1.07. The minimum Gasteiger partial charge on any atom is -0.497 e. The lowest BCUT2D eigenvalue weighted by Gasteiger charge is -2.43. The molecule has 2 fully saturated rings. The van der Waals surface area contributed by atoms with Crippen LogP contribution in [0.4, 0.5) is 11.4 Å². The molecule has 0 bridgehead atoms. The molecule has 3 amide bonds. The number of amides is 3. The fourth-order valence-electron chi connectivity index (χ4n) is 5.25. The van der Waals surface area contributed by atoms with E-state index in [0.717, 1.165) is 5.69 Å². The molecule has 2 aliphatic heterocycles. The monoisotopic (exact) mass is 532 g/mol. The molecule has 0 saturated carbocycles. The van der Waals surface area contributed by atoms with E-state index >= 15 is 0 Å². The molecule has 2 saturated heterocycles. The molecule has 5 rings (SSSR count). The Bertz CT molecular complexity index is 1320. The van der Waals surface area contributed by atoms with E-state index in [2.05, 4.69) is 10.2 Å². The lowest BCUT2D eigenvalue weighted by molar-refractivity contribution is -0.136. The van der Waals surface area contributed by atoms with Gasteiger partial charge in [-0.3, -0.25) is 14.4 Å². The molecule has 2 heterocycles. The Morgan fingerprint density at radius 2 is 1.68 bits per heavy atom. The van der Waals surface area contributed by atoms with Gasteiger partial charge in [0.05, 0.1) is 13.8 Å². The topological polar surface area (TPSA) is 82.2 Å². The van der Waals surface area contributed by atoms with Crippen molar-refractivity contribution < 1.29 is 19.1 Å². The first-order valence-corrected chi connectivity index (χ1v) is 12.9. The van der Waals surface area contributed by atoms with Gasteiger partial charge in [0.2, 0.25) is 5.91 Å². The molecule has 0 radical (unpaired) electrons. The Morgan fingerprint density at radius 1 is 0.974 bits per heavy atom. The van der Waals surface area contributed by atoms with Crippen molar-refractivity contribution in [3.63, 3.8) is 0 Å². The third-order valence-electron chi connectivity index (χ3n) is 7.24. The van der Waals surface area contributed by atoms with Crippen LogP contribution in [-0.4, -0.2) is 66.5 Å². The number of hydrogen-bond acceptors (Lipinski definition) is 5. The quantitative estimate of drug-likeness (QED) is 0.513. The van der Waals surface area contributed by atoms with Crippen LogP contribution in [0.5, 0.6) is 5.75 Å². The van der Waals surface area contributed by atoms with Gasteiger partial charge in [-0.2, -0.15) is 0 Å². The highest BCUT2D eigenvalue weighted by atomic mass is 35.5. The van der Waals surface area contributed by atoms with Crippen LogP contribution in [-0.2, 0) is 9.59 Å². The summed E-state index contributed by atoms with van der Waals surface area (Å²) in [6, 6.07) is 23.7. The predicted octanol–water partition coefficient (Wildman–Crippen LogP) is 4.27. The summed E-state index contributed by atoms with van der Waals surface area (Å²) in [5.41, 5.74) is 1.24. The molecule has 1 N–H and O–H groups in total. The van der Waals surface area contributed by atoms with Gasteiger partial charge in [0.25, 0.3) is 11.8 Å². The second kappa shape index (κ2) is 10.8. The predicted molar refractivity (Wildman–Crippen MR) is 146 cm³/mol. The van der Waals surface area contributed by atoms with Crippen LogP contribution in [0.1, 0.15) is 23.2 Å². The smallest absolute Gasteiger partial charge is 0.253 e. The maximum atomic E-state index is 13.9. The van der Waals surface area contributed by atoms with Crippen LogP contribution in [0.2, 0.25) is 5.02 Å². The summed E-state index contributed by atoms with van der Waals surface area (Å²) in [4.78, 5) is 45.3. The van der Waals surface area contributed by atoms with Crippen molar-refractivity contribution in [2.45, 2.75) is 18.4 Å². The maximum absolute atomic E-state index is 13.9. The number of para-hydroxylation sites is 1. The standard InChI is InChI=1S/C29H29ClN4O4/c1-38-25-12-10-23(11-13-25)31-26(35)19-33-20-34(24-8-3-2-4-9-24)29(28(33)37)14-16-32(17-15-29)27(36)21-6-5-7-22(30)18-21/h2-13,18H,14-17,19-20H2,1H3,(H,31,35). The number of likely N-dealkylation sites (tertiary alicyclic amines) is 1. The first-order chi connectivity index (χ1) is 18.4. The Kier molecular flexibility index (Phi) is 7.24. The van der Waals surface area contributed by atoms with Crippen molar-refractivity contribution in [3.05, 3.63) is 89.4 Å². The van der Waals surface area contributed by atoms with Crippen molar-refractivity contribution in [1.82, 2.24) is 9.80 Å². The molecule has 0 atom stereocenters. The van der Waals surface area contributed by atoms with Gasteiger partial charge < -0.3 is 24.8 Å². The zero-order valence-electron chi connectivity index (χ0n) is 21.1. The number of carbonyl (C=O) groups excluding carboxylic acids is 3. The summed E-state index contributed by atoms with van der Waals surface area (Å²) in [7, 11) is 1.58. The fourth-order valence-corrected chi connectivity index (χ4v) is 5.44. The number of nitrogens with zero attached hydrogens (tertiary/aromatic N) is 3. The number of rotatable bonds is 6. The highest BCUT2D eigenvalue weighted by molar-refractivity contribution is 6.31. The van der Waals surface area contributed by atoms with Crippen LogP contribution in [0.3, 0.4) is 0 Å². The molecule has 38 heavy (non-hydrogen) atoms. The third kappa shape index (κ3) is 5.04. The molecule has 0 aliphatic carbocycles. The highest BCUT2D eigenvalue weighted by Crippen LogP contribution is 2.39. The summed E-state index contributed by atoms with van der Waals surface area (Å²) >= 11 is 6.09. The minimum absolute atomic E-state index is 0.0683. The van der Waals surface area contributed by atoms with Crippen LogP contribution < -0.4 is 15.0 Å². The van der Waals surface area contributed by atoms with Crippen molar-refractivity contribution >= 4 is 40.7 Å². The number of methoxy groups -OCH3 is 1. The van der Waals surface area contributed by atoms with E-state index < -0.39 is 5.54 Å². The average molecular weight is 533 g/mol. The van der Waals surface area contributed by atoms with Gasteiger partial charge in [-0.1, -0.05) is 35.9 Å². The lowest BCUT2D eigenvalue weighted by Crippen LogP contribution is -2.57. The molecular formula is C29H29ClN4O4. The van der Waals surface area contributed by atoms with E-state index in [1.807, 2.05) is 30.3 Å². The summed E-state index contributed by atoms with van der Waals surface area (Å²) in [6.07, 6.45) is 0.924. The van der Waals surface area contributed by atoms with Crippen LogP contribution in [0.15, 0.2) is 78.9 Å². The van der Waals surface area contributed by atoms with Crippen molar-refractivity contribution in [2.75, 3.05) is 43.6 Å². The molecule has 9 heteroatoms. The number of ether oxygens (including phenoxy) is 1. The second-order valence-electron chi connectivity index (χ2n) is 9.52. The van der Waals surface area contributed by atoms with Crippen LogP contribution in [0, 0.1) is 0 Å². The van der Waals surface area contributed by atoms with E-state index in [0.29, 0.717) is 54.6 Å². The zero-order chi connectivity index (χ0) is 26.7. The maximum Gasteiger partial charge on any atom is 0.253 e. The minimum atomic E-state index is -0.827. The summed E-state index contributed by atoms with van der Waals surface area (Å²) in [5.74, 6) is 0.219. The van der Waals surface area contributed by atoms with E-state index in [1.165, 1.54) is 0 Å². The number of carbonyl (C=O) groups is 3. The first-order valence-electron chi connectivity index (χ1n) is 12.5. The number of benzene rings is 3. The molecular weight excluding hydrogens is 504 g/mol. The largest absolute Gasteiger partial charge is 0.497 e. The Hall–Kier alpha value is -4.04. The molecule has 3 aromatic rings. The van der Waals surface area contributed by atoms with Crippen molar-refractivity contribution in [1.29, 1.82) is 0 Å². The Balaban J connectivity index is 1.32. The summed E-state index contributed by atoms with van der Waals surface area (Å²) in [5, 5.41) is 3.37. The lowest BCUT2D eigenvalue weighted by atomic mass is 9.85. The number of halogens is 1. The van der Waals surface area contributed by atoms with E-state index in [9.17, 15) is 14.4 Å². The SMILES string of the molecule is COc1ccc(NC(=O)CN2CN(c3ccccc3)C3(CCN(C(=O)c4cccc(Cl)c4)CC3)C2=O)cc1. The third-order valence-corrected chi connectivity index (χ3v) is 7.47. The average Bonchev–Trinajstić information content (AvgIpc) is 3.20. The van der Waals surface area contributed by atoms with E-state index in [4.69, 9.17) is 16.3 Å². The molecule has 0 unspecified atom stereocenters. The Morgan fingerprint density at radius 3 is 2.34 bits per heavy atom. The van der Waals surface area contributed by atoms with Gasteiger partial charge in [0.1, 0.15) is 17.8 Å². The molecule has 1 spiro atoms. The number of piperidine rings is 1. The molecule has 196 valence electrons. The molecule has 2 aliphatic rings. The number of nitrogens with one attached hydrogen (secondary N) is 1. The van der Waals surface area contributed by atoms with E-state index in [-0.39, 0.29) is 24.3 Å². The van der Waals surface area contributed by atoms with Crippen LogP contribution in [0.25, 0.3) is 0 Å². The normalized spacial score (nSPS) is 16.6. The van der Waals surface area contributed by atoms with Gasteiger partial charge in [-0.25, -0.2) is 0 Å². The zero-order valence-corrected chi connectivity index (χ0v) is 21.9. The first kappa shape index (κ1) is 25.6. The summed E-state index contributed by atoms with van der Waals surface area (Å²) < 4.78 is 5.16. The molecule has 8 nitrogen and oxygen atoms in total. The van der Waals surface area contributed by atoms with Gasteiger partial charge in [-0.05, 0) is 67.4 Å².